The quantitative estimate of drug-likeness (QED) is 0.612. The van der Waals surface area contributed by atoms with E-state index in [0.29, 0.717) is 53.9 Å². The molecule has 7 nitrogen and oxygen atoms in total. The number of aliphatic hydroxyl groups excluding tert-OH is 1. The molecular formula is C24H23Cl2N3O4. The minimum Gasteiger partial charge on any atom is -0.451 e. The standard InChI is InChI=1S/C24H23Cl2N3O4/c25-17-3-1-15(2-4-17)23(31)28-9-7-27(8-10-28)19-13-29(14-20(19)30)24(32)22-12-16-11-18(26)5-6-21(16)33-22/h1-6,11-12,19-20,30H,7-10,13-14H2/t19-,20-/m0/s1. The summed E-state index contributed by atoms with van der Waals surface area (Å²) in [6.45, 7) is 3.03. The number of aliphatic hydroxyl groups is 1. The van der Waals surface area contributed by atoms with Crippen molar-refractivity contribution in [2.24, 2.45) is 0 Å². The van der Waals surface area contributed by atoms with Gasteiger partial charge in [-0.05, 0) is 48.5 Å². The van der Waals surface area contributed by atoms with Crippen LogP contribution in [0.5, 0.6) is 0 Å². The molecule has 2 aliphatic heterocycles. The van der Waals surface area contributed by atoms with E-state index in [9.17, 15) is 14.7 Å². The van der Waals surface area contributed by atoms with E-state index in [4.69, 9.17) is 27.6 Å². The Kier molecular flexibility index (Phi) is 6.05. The van der Waals surface area contributed by atoms with Crippen LogP contribution in [0.2, 0.25) is 10.0 Å². The van der Waals surface area contributed by atoms with E-state index in [1.54, 1.807) is 53.4 Å². The average molecular weight is 488 g/mol. The van der Waals surface area contributed by atoms with Crippen LogP contribution in [-0.4, -0.2) is 83.0 Å². The summed E-state index contributed by atoms with van der Waals surface area (Å²) in [6, 6.07) is 13.6. The van der Waals surface area contributed by atoms with E-state index < -0.39 is 6.10 Å². The van der Waals surface area contributed by atoms with Crippen molar-refractivity contribution in [3.63, 3.8) is 0 Å². The fraction of sp³-hybridized carbons (Fsp3) is 0.333. The number of β-amino-alcohol motifs (C(OH)–C–C–N with tert-alkyl or cyclic N) is 1. The molecule has 9 heteroatoms. The summed E-state index contributed by atoms with van der Waals surface area (Å²) in [5, 5.41) is 12.6. The van der Waals surface area contributed by atoms with Crippen molar-refractivity contribution in [3.05, 3.63) is 69.9 Å². The van der Waals surface area contributed by atoms with E-state index in [1.165, 1.54) is 0 Å². The third kappa shape index (κ3) is 4.46. The minimum absolute atomic E-state index is 0.0277. The Balaban J connectivity index is 1.21. The summed E-state index contributed by atoms with van der Waals surface area (Å²) < 4.78 is 5.71. The second-order valence-electron chi connectivity index (χ2n) is 8.47. The smallest absolute Gasteiger partial charge is 0.289 e. The second-order valence-corrected chi connectivity index (χ2v) is 9.35. The lowest BCUT2D eigenvalue weighted by Gasteiger charge is -2.38. The number of carbonyl (C=O) groups excluding carboxylic acids is 2. The summed E-state index contributed by atoms with van der Waals surface area (Å²) in [5.41, 5.74) is 1.21. The highest BCUT2D eigenvalue weighted by Crippen LogP contribution is 2.26. The van der Waals surface area contributed by atoms with Crippen molar-refractivity contribution in [2.45, 2.75) is 12.1 Å². The molecule has 172 valence electrons. The predicted octanol–water partition coefficient (Wildman–Crippen LogP) is 3.38. The number of carbonyl (C=O) groups is 2. The van der Waals surface area contributed by atoms with Crippen LogP contribution in [0.3, 0.4) is 0 Å². The first-order valence-electron chi connectivity index (χ1n) is 10.8. The van der Waals surface area contributed by atoms with Gasteiger partial charge in [-0.2, -0.15) is 0 Å². The van der Waals surface area contributed by atoms with Gasteiger partial charge in [0.1, 0.15) is 5.58 Å². The normalized spacial score (nSPS) is 21.7. The molecule has 2 aromatic carbocycles. The molecule has 0 unspecified atom stereocenters. The molecule has 0 radical (unpaired) electrons. The lowest BCUT2D eigenvalue weighted by Crippen LogP contribution is -2.54. The highest BCUT2D eigenvalue weighted by molar-refractivity contribution is 6.31. The van der Waals surface area contributed by atoms with Gasteiger partial charge in [-0.1, -0.05) is 23.2 Å². The lowest BCUT2D eigenvalue weighted by molar-refractivity contribution is 0.0376. The summed E-state index contributed by atoms with van der Waals surface area (Å²) >= 11 is 11.9. The van der Waals surface area contributed by atoms with Crippen molar-refractivity contribution in [3.8, 4) is 0 Å². The number of hydrogen-bond donors (Lipinski definition) is 1. The fourth-order valence-corrected chi connectivity index (χ4v) is 4.91. The van der Waals surface area contributed by atoms with Crippen molar-refractivity contribution in [1.82, 2.24) is 14.7 Å². The Morgan fingerprint density at radius 3 is 2.27 bits per heavy atom. The second kappa shape index (κ2) is 8.99. The summed E-state index contributed by atoms with van der Waals surface area (Å²) in [7, 11) is 0. The van der Waals surface area contributed by atoms with Gasteiger partial charge >= 0.3 is 0 Å². The highest BCUT2D eigenvalue weighted by atomic mass is 35.5. The van der Waals surface area contributed by atoms with Crippen LogP contribution in [0.1, 0.15) is 20.9 Å². The lowest BCUT2D eigenvalue weighted by atomic mass is 10.1. The van der Waals surface area contributed by atoms with Crippen molar-refractivity contribution >= 4 is 46.0 Å². The zero-order valence-electron chi connectivity index (χ0n) is 17.8. The first kappa shape index (κ1) is 22.2. The van der Waals surface area contributed by atoms with E-state index in [2.05, 4.69) is 4.90 Å². The van der Waals surface area contributed by atoms with Gasteiger partial charge in [0.2, 0.25) is 0 Å². The molecular weight excluding hydrogens is 465 g/mol. The monoisotopic (exact) mass is 487 g/mol. The molecule has 2 fully saturated rings. The van der Waals surface area contributed by atoms with Gasteiger partial charge in [0, 0.05) is 60.3 Å². The first-order valence-corrected chi connectivity index (χ1v) is 11.6. The van der Waals surface area contributed by atoms with Gasteiger partial charge in [0.05, 0.1) is 12.1 Å². The number of nitrogens with zero attached hydrogens (tertiary/aromatic N) is 3. The van der Waals surface area contributed by atoms with Crippen LogP contribution in [0, 0.1) is 0 Å². The molecule has 0 aliphatic carbocycles. The molecule has 2 saturated heterocycles. The Morgan fingerprint density at radius 1 is 0.848 bits per heavy atom. The third-order valence-electron chi connectivity index (χ3n) is 6.40. The van der Waals surface area contributed by atoms with Gasteiger partial charge in [0.15, 0.2) is 5.76 Å². The maximum absolute atomic E-state index is 13.0. The Hall–Kier alpha value is -2.58. The Bertz CT molecular complexity index is 1190. The number of benzene rings is 2. The number of likely N-dealkylation sites (tertiary alicyclic amines) is 1. The zero-order valence-corrected chi connectivity index (χ0v) is 19.3. The van der Waals surface area contributed by atoms with Crippen molar-refractivity contribution in [2.75, 3.05) is 39.3 Å². The molecule has 2 aliphatic rings. The molecule has 2 amide bonds. The highest BCUT2D eigenvalue weighted by Gasteiger charge is 2.40. The maximum Gasteiger partial charge on any atom is 0.289 e. The van der Waals surface area contributed by atoms with Crippen LogP contribution in [0.15, 0.2) is 52.9 Å². The molecule has 0 bridgehead atoms. The molecule has 0 saturated carbocycles. The van der Waals surface area contributed by atoms with E-state index >= 15 is 0 Å². The Morgan fingerprint density at radius 2 is 1.55 bits per heavy atom. The number of furan rings is 1. The van der Waals surface area contributed by atoms with E-state index in [0.717, 1.165) is 5.39 Å². The number of rotatable bonds is 3. The van der Waals surface area contributed by atoms with Gasteiger partial charge in [0.25, 0.3) is 11.8 Å². The van der Waals surface area contributed by atoms with E-state index in [1.807, 2.05) is 4.90 Å². The number of hydrogen-bond acceptors (Lipinski definition) is 5. The molecule has 3 heterocycles. The number of fused-ring (bicyclic) bond motifs is 1. The molecule has 1 N–H and O–H groups in total. The number of amides is 2. The maximum atomic E-state index is 13.0. The Labute approximate surface area is 201 Å². The fourth-order valence-electron chi connectivity index (χ4n) is 4.60. The molecule has 3 aromatic rings. The van der Waals surface area contributed by atoms with Crippen LogP contribution in [0.4, 0.5) is 0 Å². The molecule has 1 aromatic heterocycles. The summed E-state index contributed by atoms with van der Waals surface area (Å²) in [4.78, 5) is 31.3. The number of piperazine rings is 1. The summed E-state index contributed by atoms with van der Waals surface area (Å²) in [6.07, 6.45) is -0.661. The van der Waals surface area contributed by atoms with Gasteiger partial charge in [-0.3, -0.25) is 14.5 Å². The van der Waals surface area contributed by atoms with Crippen molar-refractivity contribution < 1.29 is 19.1 Å². The van der Waals surface area contributed by atoms with E-state index in [-0.39, 0.29) is 30.2 Å². The van der Waals surface area contributed by atoms with Crippen LogP contribution in [0.25, 0.3) is 11.0 Å². The van der Waals surface area contributed by atoms with Gasteiger partial charge in [-0.25, -0.2) is 0 Å². The zero-order chi connectivity index (χ0) is 23.1. The molecule has 33 heavy (non-hydrogen) atoms. The van der Waals surface area contributed by atoms with Crippen molar-refractivity contribution in [1.29, 1.82) is 0 Å². The SMILES string of the molecule is O=C(c1ccc(Cl)cc1)N1CCN([C@H]2CN(C(=O)c3cc4cc(Cl)ccc4o3)C[C@@H]2O)CC1. The minimum atomic E-state index is -0.661. The third-order valence-corrected chi connectivity index (χ3v) is 6.88. The number of halogens is 2. The van der Waals surface area contributed by atoms with Gasteiger partial charge < -0.3 is 19.3 Å². The predicted molar refractivity (Wildman–Crippen MR) is 126 cm³/mol. The van der Waals surface area contributed by atoms with Crippen LogP contribution >= 0.6 is 23.2 Å². The van der Waals surface area contributed by atoms with Crippen LogP contribution < -0.4 is 0 Å². The van der Waals surface area contributed by atoms with Crippen LogP contribution in [-0.2, 0) is 0 Å². The molecule has 0 spiro atoms. The molecule has 2 atom stereocenters. The topological polar surface area (TPSA) is 77.2 Å². The average Bonchev–Trinajstić information content (AvgIpc) is 3.42. The summed E-state index contributed by atoms with van der Waals surface area (Å²) in [5.74, 6) is -0.0426. The van der Waals surface area contributed by atoms with Gasteiger partial charge in [-0.15, -0.1) is 0 Å². The largest absolute Gasteiger partial charge is 0.451 e. The molecule has 5 rings (SSSR count). The first-order chi connectivity index (χ1) is 15.9.